The van der Waals surface area contributed by atoms with Crippen molar-refractivity contribution in [3.05, 3.63) is 53.6 Å². The van der Waals surface area contributed by atoms with E-state index in [1.165, 1.54) is 17.7 Å². The molecule has 1 aliphatic rings. The second-order valence-electron chi connectivity index (χ2n) is 5.69. The molecule has 22 heavy (non-hydrogen) atoms. The Kier molecular flexibility index (Phi) is 5.42. The van der Waals surface area contributed by atoms with Crippen molar-refractivity contribution in [2.45, 2.75) is 42.1 Å². The highest BCUT2D eigenvalue weighted by molar-refractivity contribution is 8.21. The summed E-state index contributed by atoms with van der Waals surface area (Å²) >= 11 is 10.7. The number of aromatic nitrogens is 2. The summed E-state index contributed by atoms with van der Waals surface area (Å²) in [6.07, 6.45) is 9.22. The Labute approximate surface area is 146 Å². The minimum absolute atomic E-state index is 0.232. The Morgan fingerprint density at radius 3 is 2.95 bits per heavy atom. The lowest BCUT2D eigenvalue weighted by molar-refractivity contribution is 0.597. The van der Waals surface area contributed by atoms with Crippen molar-refractivity contribution in [3.8, 4) is 0 Å². The van der Waals surface area contributed by atoms with Crippen molar-refractivity contribution in [3.63, 3.8) is 0 Å². The highest BCUT2D eigenvalue weighted by Crippen LogP contribution is 2.53. The molecule has 1 aromatic heterocycles. The zero-order valence-electron chi connectivity index (χ0n) is 12.7. The van der Waals surface area contributed by atoms with Gasteiger partial charge in [0.25, 0.3) is 0 Å². The van der Waals surface area contributed by atoms with Crippen LogP contribution >= 0.6 is 35.1 Å². The molecule has 1 fully saturated rings. The van der Waals surface area contributed by atoms with E-state index in [4.69, 9.17) is 11.6 Å². The SMILES string of the molecule is CCC1CSC(CCn2ccnc2)(Cc2ccccc2Cl)S1. The Morgan fingerprint density at radius 2 is 2.27 bits per heavy atom. The molecule has 2 heterocycles. The molecule has 0 radical (unpaired) electrons. The summed E-state index contributed by atoms with van der Waals surface area (Å²) in [7, 11) is 0. The van der Waals surface area contributed by atoms with E-state index in [0.29, 0.717) is 0 Å². The van der Waals surface area contributed by atoms with Gasteiger partial charge < -0.3 is 4.57 Å². The van der Waals surface area contributed by atoms with E-state index in [-0.39, 0.29) is 4.08 Å². The first-order valence-corrected chi connectivity index (χ1v) is 9.96. The molecule has 118 valence electrons. The van der Waals surface area contributed by atoms with Gasteiger partial charge in [-0.05, 0) is 30.9 Å². The van der Waals surface area contributed by atoms with Crippen LogP contribution in [0.1, 0.15) is 25.3 Å². The van der Waals surface area contributed by atoms with Crippen LogP contribution in [0.25, 0.3) is 0 Å². The van der Waals surface area contributed by atoms with Crippen LogP contribution in [0.15, 0.2) is 43.0 Å². The van der Waals surface area contributed by atoms with Crippen LogP contribution in [-0.2, 0) is 13.0 Å². The lowest BCUT2D eigenvalue weighted by atomic mass is 10.1. The Hall–Kier alpha value is -0.580. The minimum atomic E-state index is 0.232. The lowest BCUT2D eigenvalue weighted by Crippen LogP contribution is -2.23. The summed E-state index contributed by atoms with van der Waals surface area (Å²) in [6, 6.07) is 8.27. The first-order chi connectivity index (χ1) is 10.7. The fourth-order valence-electron chi connectivity index (χ4n) is 2.78. The van der Waals surface area contributed by atoms with Gasteiger partial charge in [-0.2, -0.15) is 0 Å². The van der Waals surface area contributed by atoms with Crippen molar-refractivity contribution >= 4 is 35.1 Å². The Morgan fingerprint density at radius 1 is 1.41 bits per heavy atom. The van der Waals surface area contributed by atoms with E-state index in [0.717, 1.165) is 29.7 Å². The first-order valence-electron chi connectivity index (χ1n) is 7.72. The van der Waals surface area contributed by atoms with Crippen molar-refractivity contribution in [1.82, 2.24) is 9.55 Å². The average molecular weight is 353 g/mol. The smallest absolute Gasteiger partial charge is 0.0945 e. The third-order valence-electron chi connectivity index (χ3n) is 4.10. The third-order valence-corrected chi connectivity index (χ3v) is 8.37. The number of halogens is 1. The molecule has 5 heteroatoms. The molecule has 1 saturated heterocycles. The molecule has 2 nitrogen and oxygen atoms in total. The third kappa shape index (κ3) is 3.84. The predicted octanol–water partition coefficient (Wildman–Crippen LogP) is 5.12. The molecule has 0 aliphatic carbocycles. The van der Waals surface area contributed by atoms with Crippen molar-refractivity contribution in [1.29, 1.82) is 0 Å². The number of benzene rings is 1. The van der Waals surface area contributed by atoms with Crippen LogP contribution in [-0.4, -0.2) is 24.6 Å². The molecule has 0 N–H and O–H groups in total. The maximum Gasteiger partial charge on any atom is 0.0945 e. The Balaban J connectivity index is 1.76. The van der Waals surface area contributed by atoms with Gasteiger partial charge in [0.2, 0.25) is 0 Å². The number of hydrogen-bond acceptors (Lipinski definition) is 3. The molecule has 0 amide bonds. The summed E-state index contributed by atoms with van der Waals surface area (Å²) < 4.78 is 2.41. The summed E-state index contributed by atoms with van der Waals surface area (Å²) in [4.78, 5) is 4.15. The van der Waals surface area contributed by atoms with E-state index < -0.39 is 0 Å². The standard InChI is InChI=1S/C17H21ClN2S2/c1-2-15-12-21-17(22-15,7-9-20-10-8-19-13-20)11-14-5-3-4-6-16(14)18/h3-6,8,10,13,15H,2,7,9,11-12H2,1H3. The maximum absolute atomic E-state index is 6.40. The number of hydrogen-bond donors (Lipinski definition) is 0. The van der Waals surface area contributed by atoms with Gasteiger partial charge in [0, 0.05) is 35.0 Å². The van der Waals surface area contributed by atoms with Gasteiger partial charge in [-0.3, -0.25) is 0 Å². The lowest BCUT2D eigenvalue weighted by Gasteiger charge is -2.29. The number of thioether (sulfide) groups is 2. The van der Waals surface area contributed by atoms with E-state index >= 15 is 0 Å². The molecule has 0 spiro atoms. The van der Waals surface area contributed by atoms with E-state index in [1.807, 2.05) is 30.9 Å². The van der Waals surface area contributed by atoms with Crippen molar-refractivity contribution in [2.24, 2.45) is 0 Å². The number of imidazole rings is 1. The van der Waals surface area contributed by atoms with Crippen LogP contribution in [0.2, 0.25) is 5.02 Å². The molecule has 0 bridgehead atoms. The molecule has 1 aromatic carbocycles. The highest BCUT2D eigenvalue weighted by atomic mass is 35.5. The highest BCUT2D eigenvalue weighted by Gasteiger charge is 2.40. The summed E-state index contributed by atoms with van der Waals surface area (Å²) in [5.74, 6) is 1.25. The van der Waals surface area contributed by atoms with E-state index in [9.17, 15) is 0 Å². The van der Waals surface area contributed by atoms with Crippen molar-refractivity contribution < 1.29 is 0 Å². The predicted molar refractivity (Wildman–Crippen MR) is 98.9 cm³/mol. The fourth-order valence-corrected chi connectivity index (χ4v) is 6.78. The zero-order chi connectivity index (χ0) is 15.4. The van der Waals surface area contributed by atoms with Gasteiger partial charge in [-0.1, -0.05) is 36.7 Å². The van der Waals surface area contributed by atoms with Gasteiger partial charge in [0.1, 0.15) is 0 Å². The molecule has 2 unspecified atom stereocenters. The molecule has 2 aromatic rings. The monoisotopic (exact) mass is 352 g/mol. The summed E-state index contributed by atoms with van der Waals surface area (Å²) in [5, 5.41) is 1.65. The molecular formula is C17H21ClN2S2. The molecule has 0 saturated carbocycles. The van der Waals surface area contributed by atoms with Crippen LogP contribution in [0.5, 0.6) is 0 Å². The van der Waals surface area contributed by atoms with Gasteiger partial charge in [0.05, 0.1) is 10.4 Å². The number of rotatable bonds is 6. The Bertz CT molecular complexity index is 602. The molecule has 2 atom stereocenters. The topological polar surface area (TPSA) is 17.8 Å². The van der Waals surface area contributed by atoms with E-state index in [2.05, 4.69) is 52.1 Å². The van der Waals surface area contributed by atoms with Crippen LogP contribution in [0.4, 0.5) is 0 Å². The van der Waals surface area contributed by atoms with Crippen LogP contribution < -0.4 is 0 Å². The second-order valence-corrected chi connectivity index (χ2v) is 9.44. The molecular weight excluding hydrogens is 332 g/mol. The number of nitrogens with zero attached hydrogens (tertiary/aromatic N) is 2. The summed E-state index contributed by atoms with van der Waals surface area (Å²) in [6.45, 7) is 3.31. The number of aryl methyl sites for hydroxylation is 1. The van der Waals surface area contributed by atoms with E-state index in [1.54, 1.807) is 0 Å². The summed E-state index contributed by atoms with van der Waals surface area (Å²) in [5.41, 5.74) is 1.27. The van der Waals surface area contributed by atoms with Crippen molar-refractivity contribution in [2.75, 3.05) is 5.75 Å². The van der Waals surface area contributed by atoms with Gasteiger partial charge in [0.15, 0.2) is 0 Å². The fraction of sp³-hybridized carbons (Fsp3) is 0.471. The first kappa shape index (κ1) is 16.3. The largest absolute Gasteiger partial charge is 0.337 e. The normalized spacial score (nSPS) is 24.7. The maximum atomic E-state index is 6.40. The zero-order valence-corrected chi connectivity index (χ0v) is 15.1. The molecule has 1 aliphatic heterocycles. The average Bonchev–Trinajstić information content (AvgIpc) is 3.18. The van der Waals surface area contributed by atoms with Crippen LogP contribution in [0, 0.1) is 0 Å². The van der Waals surface area contributed by atoms with Crippen LogP contribution in [0.3, 0.4) is 0 Å². The second kappa shape index (κ2) is 7.33. The van der Waals surface area contributed by atoms with Gasteiger partial charge in [-0.25, -0.2) is 4.98 Å². The van der Waals surface area contributed by atoms with Gasteiger partial charge >= 0.3 is 0 Å². The quantitative estimate of drug-likeness (QED) is 0.718. The molecule has 3 rings (SSSR count). The minimum Gasteiger partial charge on any atom is -0.337 e. The van der Waals surface area contributed by atoms with Gasteiger partial charge in [-0.15, -0.1) is 23.5 Å².